The number of nitrogens with one attached hydrogen (secondary N) is 2. The largest absolute Gasteiger partial charge is 0.341 e. The van der Waals surface area contributed by atoms with E-state index in [0.717, 1.165) is 37.0 Å². The van der Waals surface area contributed by atoms with Crippen LogP contribution in [0.1, 0.15) is 49.8 Å². The molecule has 6 rings (SSSR count). The number of urea groups is 1. The van der Waals surface area contributed by atoms with Crippen molar-refractivity contribution in [2.24, 2.45) is 22.7 Å². The van der Waals surface area contributed by atoms with Gasteiger partial charge in [-0.15, -0.1) is 0 Å². The van der Waals surface area contributed by atoms with E-state index in [-0.39, 0.29) is 17.1 Å². The molecule has 0 atom stereocenters. The van der Waals surface area contributed by atoms with Crippen molar-refractivity contribution < 1.29 is 4.79 Å². The van der Waals surface area contributed by atoms with E-state index in [9.17, 15) is 9.59 Å². The maximum atomic E-state index is 12.8. The van der Waals surface area contributed by atoms with E-state index in [4.69, 9.17) is 11.6 Å². The number of H-pyrrole nitrogens is 1. The van der Waals surface area contributed by atoms with E-state index in [0.29, 0.717) is 22.0 Å². The molecule has 4 saturated carbocycles. The van der Waals surface area contributed by atoms with Crippen molar-refractivity contribution in [2.75, 3.05) is 0 Å². The van der Waals surface area contributed by atoms with Gasteiger partial charge in [-0.25, -0.2) is 14.5 Å². The smallest absolute Gasteiger partial charge is 0.331 e. The van der Waals surface area contributed by atoms with Crippen molar-refractivity contribution in [2.45, 2.75) is 51.0 Å². The number of halogens is 1. The van der Waals surface area contributed by atoms with Crippen LogP contribution in [0, 0.1) is 24.7 Å². The van der Waals surface area contributed by atoms with Crippen LogP contribution in [0.5, 0.6) is 0 Å². The molecule has 2 N–H and O–H groups in total. The first-order chi connectivity index (χ1) is 13.9. The number of aliphatic imine (C=N–C) groups is 1. The van der Waals surface area contributed by atoms with E-state index in [1.165, 1.54) is 30.2 Å². The molecule has 0 spiro atoms. The van der Waals surface area contributed by atoms with E-state index in [1.807, 2.05) is 0 Å². The van der Waals surface area contributed by atoms with Crippen LogP contribution in [0.15, 0.2) is 34.1 Å². The summed E-state index contributed by atoms with van der Waals surface area (Å²) in [7, 11) is 0. The third-order valence-corrected chi connectivity index (χ3v) is 7.18. The van der Waals surface area contributed by atoms with Crippen LogP contribution in [0.25, 0.3) is 5.69 Å². The zero-order valence-electron chi connectivity index (χ0n) is 16.5. The molecule has 0 aliphatic heterocycles. The number of hydrogen-bond acceptors (Lipinski definition) is 2. The number of carbonyl (C=O) groups excluding carboxylic acids is 1. The minimum Gasteiger partial charge on any atom is -0.331 e. The molecule has 4 aliphatic rings. The second-order valence-electron chi connectivity index (χ2n) is 9.15. The van der Waals surface area contributed by atoms with Gasteiger partial charge in [0.15, 0.2) is 0 Å². The van der Waals surface area contributed by atoms with Crippen molar-refractivity contribution >= 4 is 23.8 Å². The molecule has 0 radical (unpaired) electrons. The number of carbonyl (C=O) groups is 1. The standard InChI is InChI=1S/C22H25ClN4O2/c1-13-19(20(28)27(26-13)18-4-2-17(23)3-5-18)12-24-21(29)25-22-9-14-6-15(10-22)8-16(7-14)11-22/h2-5,12,14-16,26H,6-11H2,1H3,(H,25,29). The molecule has 1 aromatic carbocycles. The number of nitrogens with zero attached hydrogens (tertiary/aromatic N) is 2. The second kappa shape index (κ2) is 6.87. The summed E-state index contributed by atoms with van der Waals surface area (Å²) < 4.78 is 1.43. The van der Waals surface area contributed by atoms with Crippen molar-refractivity contribution in [3.63, 3.8) is 0 Å². The van der Waals surface area contributed by atoms with E-state index in [1.54, 1.807) is 31.2 Å². The molecular formula is C22H25ClN4O2. The Morgan fingerprint density at radius 3 is 2.34 bits per heavy atom. The minimum atomic E-state index is -0.343. The summed E-state index contributed by atoms with van der Waals surface area (Å²) in [5.41, 5.74) is 1.41. The molecule has 2 amide bonds. The van der Waals surface area contributed by atoms with Gasteiger partial charge in [0, 0.05) is 22.5 Å². The lowest BCUT2D eigenvalue weighted by molar-refractivity contribution is -0.0129. The fourth-order valence-electron chi connectivity index (χ4n) is 6.13. The van der Waals surface area contributed by atoms with Gasteiger partial charge in [-0.3, -0.25) is 9.89 Å². The molecule has 29 heavy (non-hydrogen) atoms. The number of aromatic nitrogens is 2. The minimum absolute atomic E-state index is 0.0835. The molecule has 4 fully saturated rings. The van der Waals surface area contributed by atoms with Gasteiger partial charge < -0.3 is 5.32 Å². The summed E-state index contributed by atoms with van der Waals surface area (Å²) in [6.07, 6.45) is 8.59. The fourth-order valence-corrected chi connectivity index (χ4v) is 6.26. The molecule has 0 unspecified atom stereocenters. The van der Waals surface area contributed by atoms with Gasteiger partial charge >= 0.3 is 6.03 Å². The Morgan fingerprint density at radius 2 is 1.76 bits per heavy atom. The maximum Gasteiger partial charge on any atom is 0.341 e. The lowest BCUT2D eigenvalue weighted by atomic mass is 9.53. The van der Waals surface area contributed by atoms with E-state index >= 15 is 0 Å². The van der Waals surface area contributed by atoms with Crippen LogP contribution in [-0.4, -0.2) is 27.6 Å². The first-order valence-corrected chi connectivity index (χ1v) is 10.7. The molecule has 0 saturated heterocycles. The number of benzene rings is 1. The summed E-state index contributed by atoms with van der Waals surface area (Å²) in [5.74, 6) is 2.26. The highest BCUT2D eigenvalue weighted by Gasteiger charge is 2.51. The lowest BCUT2D eigenvalue weighted by Crippen LogP contribution is -2.59. The Balaban J connectivity index is 1.33. The Kier molecular flexibility index (Phi) is 4.42. The predicted molar refractivity (Wildman–Crippen MR) is 113 cm³/mol. The van der Waals surface area contributed by atoms with E-state index < -0.39 is 0 Å². The second-order valence-corrected chi connectivity index (χ2v) is 9.59. The highest BCUT2D eigenvalue weighted by molar-refractivity contribution is 6.30. The predicted octanol–water partition coefficient (Wildman–Crippen LogP) is 4.22. The third kappa shape index (κ3) is 3.44. The molecular weight excluding hydrogens is 388 g/mol. The number of aryl methyl sites for hydroxylation is 1. The molecule has 6 nitrogen and oxygen atoms in total. The fraction of sp³-hybridized carbons (Fsp3) is 0.500. The summed E-state index contributed by atoms with van der Waals surface area (Å²) in [5, 5.41) is 6.85. The van der Waals surface area contributed by atoms with Gasteiger partial charge in [-0.05, 0) is 87.5 Å². The monoisotopic (exact) mass is 412 g/mol. The van der Waals surface area contributed by atoms with Crippen LogP contribution >= 0.6 is 11.6 Å². The van der Waals surface area contributed by atoms with Crippen molar-refractivity contribution in [3.05, 3.63) is 50.9 Å². The quantitative estimate of drug-likeness (QED) is 0.740. The zero-order chi connectivity index (χ0) is 20.2. The molecule has 2 aromatic rings. The van der Waals surface area contributed by atoms with E-state index in [2.05, 4.69) is 15.4 Å². The van der Waals surface area contributed by atoms with Gasteiger partial charge in [0.05, 0.1) is 11.3 Å². The number of aromatic amines is 1. The number of amides is 2. The summed E-state index contributed by atoms with van der Waals surface area (Å²) in [6, 6.07) is 6.64. The Morgan fingerprint density at radius 1 is 1.17 bits per heavy atom. The first-order valence-electron chi connectivity index (χ1n) is 10.3. The Hall–Kier alpha value is -2.34. The Labute approximate surface area is 174 Å². The van der Waals surface area contributed by atoms with Crippen molar-refractivity contribution in [3.8, 4) is 5.69 Å². The molecule has 1 heterocycles. The topological polar surface area (TPSA) is 79.2 Å². The summed E-state index contributed by atoms with van der Waals surface area (Å²) >= 11 is 5.92. The average molecular weight is 413 g/mol. The van der Waals surface area contributed by atoms with Crippen LogP contribution in [-0.2, 0) is 0 Å². The molecule has 4 aliphatic carbocycles. The lowest BCUT2D eigenvalue weighted by Gasteiger charge is -2.56. The molecule has 7 heteroatoms. The number of hydrogen-bond donors (Lipinski definition) is 2. The van der Waals surface area contributed by atoms with Gasteiger partial charge in [0.2, 0.25) is 0 Å². The van der Waals surface area contributed by atoms with Gasteiger partial charge in [-0.1, -0.05) is 11.6 Å². The van der Waals surface area contributed by atoms with Crippen LogP contribution in [0.3, 0.4) is 0 Å². The SMILES string of the molecule is Cc1[nH]n(-c2ccc(Cl)cc2)c(=O)c1C=NC(=O)NC12CC3CC(CC(C3)C1)C2. The highest BCUT2D eigenvalue weighted by atomic mass is 35.5. The first kappa shape index (κ1) is 18.7. The highest BCUT2D eigenvalue weighted by Crippen LogP contribution is 2.55. The maximum absolute atomic E-state index is 12.8. The van der Waals surface area contributed by atoms with Gasteiger partial charge in [0.1, 0.15) is 0 Å². The third-order valence-electron chi connectivity index (χ3n) is 6.92. The van der Waals surface area contributed by atoms with Crippen molar-refractivity contribution in [1.82, 2.24) is 15.1 Å². The molecule has 152 valence electrons. The van der Waals surface area contributed by atoms with Gasteiger partial charge in [-0.2, -0.15) is 0 Å². The zero-order valence-corrected chi connectivity index (χ0v) is 17.2. The average Bonchev–Trinajstić information content (AvgIpc) is 2.93. The molecule has 4 bridgehead atoms. The van der Waals surface area contributed by atoms with Crippen molar-refractivity contribution in [1.29, 1.82) is 0 Å². The Bertz CT molecular complexity index is 999. The summed E-state index contributed by atoms with van der Waals surface area (Å²) in [4.78, 5) is 29.5. The van der Waals surface area contributed by atoms with Gasteiger partial charge in [0.25, 0.3) is 5.56 Å². The summed E-state index contributed by atoms with van der Waals surface area (Å²) in [6.45, 7) is 1.80. The van der Waals surface area contributed by atoms with Crippen LogP contribution in [0.4, 0.5) is 4.79 Å². The number of rotatable bonds is 3. The van der Waals surface area contributed by atoms with Crippen LogP contribution in [0.2, 0.25) is 5.02 Å². The van der Waals surface area contributed by atoms with Crippen LogP contribution < -0.4 is 10.9 Å². The molecule has 1 aromatic heterocycles. The normalized spacial score (nSPS) is 30.2.